The van der Waals surface area contributed by atoms with Crippen LogP contribution in [0.3, 0.4) is 0 Å². The maximum absolute atomic E-state index is 12.5. The molecule has 0 aliphatic heterocycles. The van der Waals surface area contributed by atoms with Crippen LogP contribution >= 0.6 is 23.6 Å². The Hall–Kier alpha value is -2.64. The van der Waals surface area contributed by atoms with Gasteiger partial charge in [-0.05, 0) is 48.6 Å². The average Bonchev–Trinajstić information content (AvgIpc) is 2.91. The number of aromatic nitrogens is 1. The molecule has 0 aliphatic carbocycles. The van der Waals surface area contributed by atoms with Crippen molar-refractivity contribution < 1.29 is 9.53 Å². The first-order valence-corrected chi connectivity index (χ1v) is 8.35. The number of hydrogen-bond acceptors (Lipinski definition) is 5. The van der Waals surface area contributed by atoms with Crippen molar-refractivity contribution in [2.45, 2.75) is 0 Å². The van der Waals surface area contributed by atoms with Gasteiger partial charge in [-0.3, -0.25) is 9.36 Å². The lowest BCUT2D eigenvalue weighted by Gasteiger charge is -2.07. The number of rotatable bonds is 4. The molecule has 5 nitrogen and oxygen atoms in total. The van der Waals surface area contributed by atoms with Crippen molar-refractivity contribution in [3.05, 3.63) is 63.4 Å². The molecular formula is C17H15N3O2S2. The lowest BCUT2D eigenvalue weighted by atomic mass is 10.3. The number of benzene rings is 2. The Morgan fingerprint density at radius 2 is 1.83 bits per heavy atom. The Morgan fingerprint density at radius 3 is 2.46 bits per heavy atom. The summed E-state index contributed by atoms with van der Waals surface area (Å²) in [6.45, 7) is 0. The van der Waals surface area contributed by atoms with Gasteiger partial charge in [-0.1, -0.05) is 29.5 Å². The summed E-state index contributed by atoms with van der Waals surface area (Å²) in [5, 5.41) is 2.82. The number of amides is 1. The maximum atomic E-state index is 12.5. The zero-order valence-electron chi connectivity index (χ0n) is 12.9. The first kappa shape index (κ1) is 16.2. The van der Waals surface area contributed by atoms with E-state index >= 15 is 0 Å². The first-order valence-electron chi connectivity index (χ1n) is 7.12. The van der Waals surface area contributed by atoms with E-state index in [9.17, 15) is 4.79 Å². The smallest absolute Gasteiger partial charge is 0.269 e. The molecular weight excluding hydrogens is 342 g/mol. The molecule has 3 N–H and O–H groups in total. The SMILES string of the molecule is COc1ccc(NC(=O)c2sc(=S)n(-c3ccccc3)c2N)cc1. The molecule has 0 bridgehead atoms. The summed E-state index contributed by atoms with van der Waals surface area (Å²) < 4.78 is 7.32. The van der Waals surface area contributed by atoms with Gasteiger partial charge in [-0.15, -0.1) is 0 Å². The lowest BCUT2D eigenvalue weighted by molar-refractivity contribution is 0.103. The van der Waals surface area contributed by atoms with Gasteiger partial charge < -0.3 is 15.8 Å². The number of ether oxygens (including phenoxy) is 1. The lowest BCUT2D eigenvalue weighted by Crippen LogP contribution is -2.13. The molecule has 0 saturated heterocycles. The third-order valence-electron chi connectivity index (χ3n) is 3.41. The fourth-order valence-electron chi connectivity index (χ4n) is 2.23. The standard InChI is InChI=1S/C17H15N3O2S2/c1-22-13-9-7-11(8-10-13)19-16(21)14-15(18)20(17(23)24-14)12-5-3-2-4-6-12/h2-10H,18H2,1H3,(H,19,21). The number of nitrogens with one attached hydrogen (secondary N) is 1. The molecule has 0 aliphatic rings. The number of nitrogens with zero attached hydrogens (tertiary/aromatic N) is 1. The second-order valence-corrected chi connectivity index (χ2v) is 6.58. The van der Waals surface area contributed by atoms with Gasteiger partial charge in [0, 0.05) is 11.4 Å². The number of hydrogen-bond donors (Lipinski definition) is 2. The van der Waals surface area contributed by atoms with Crippen molar-refractivity contribution in [3.63, 3.8) is 0 Å². The van der Waals surface area contributed by atoms with Crippen LogP contribution in [0.4, 0.5) is 11.5 Å². The highest BCUT2D eigenvalue weighted by atomic mass is 32.1. The zero-order valence-corrected chi connectivity index (χ0v) is 14.5. The van der Waals surface area contributed by atoms with E-state index in [1.165, 1.54) is 11.3 Å². The molecule has 0 radical (unpaired) electrons. The second kappa shape index (κ2) is 6.86. The van der Waals surface area contributed by atoms with E-state index in [-0.39, 0.29) is 5.91 Å². The normalized spacial score (nSPS) is 10.4. The van der Waals surface area contributed by atoms with Crippen molar-refractivity contribution in [1.82, 2.24) is 4.57 Å². The second-order valence-electron chi connectivity index (χ2n) is 4.94. The summed E-state index contributed by atoms with van der Waals surface area (Å²) in [6, 6.07) is 16.6. The fourth-order valence-corrected chi connectivity index (χ4v) is 3.49. The van der Waals surface area contributed by atoms with Gasteiger partial charge in [0.2, 0.25) is 0 Å². The van der Waals surface area contributed by atoms with Crippen LogP contribution in [-0.4, -0.2) is 17.6 Å². The number of carbonyl (C=O) groups is 1. The highest BCUT2D eigenvalue weighted by Gasteiger charge is 2.18. The monoisotopic (exact) mass is 357 g/mol. The predicted octanol–water partition coefficient (Wildman–Crippen LogP) is 4.11. The minimum Gasteiger partial charge on any atom is -0.497 e. The topological polar surface area (TPSA) is 69.3 Å². The number of methoxy groups -OCH3 is 1. The van der Waals surface area contributed by atoms with E-state index in [1.54, 1.807) is 35.9 Å². The molecule has 0 fully saturated rings. The molecule has 3 aromatic rings. The Balaban J connectivity index is 1.89. The van der Waals surface area contributed by atoms with Crippen LogP contribution in [0.25, 0.3) is 5.69 Å². The summed E-state index contributed by atoms with van der Waals surface area (Å²) in [4.78, 5) is 12.9. The Bertz CT molecular complexity index is 915. The van der Waals surface area contributed by atoms with Gasteiger partial charge in [0.1, 0.15) is 16.4 Å². The van der Waals surface area contributed by atoms with Gasteiger partial charge in [-0.25, -0.2) is 0 Å². The summed E-state index contributed by atoms with van der Waals surface area (Å²) in [5.41, 5.74) is 7.65. The van der Waals surface area contributed by atoms with Gasteiger partial charge in [0.05, 0.1) is 7.11 Å². The Labute approximate surface area is 148 Å². The molecule has 2 aromatic carbocycles. The van der Waals surface area contributed by atoms with Crippen LogP contribution < -0.4 is 15.8 Å². The van der Waals surface area contributed by atoms with Crippen LogP contribution in [0, 0.1) is 3.95 Å². The summed E-state index contributed by atoms with van der Waals surface area (Å²) in [7, 11) is 1.59. The third-order valence-corrected chi connectivity index (χ3v) is 4.80. The molecule has 0 unspecified atom stereocenters. The number of nitrogen functional groups attached to an aromatic ring is 1. The van der Waals surface area contributed by atoms with E-state index in [4.69, 9.17) is 22.7 Å². The summed E-state index contributed by atoms with van der Waals surface area (Å²) in [5.74, 6) is 0.768. The molecule has 1 heterocycles. The maximum Gasteiger partial charge on any atom is 0.269 e. The molecule has 122 valence electrons. The van der Waals surface area contributed by atoms with E-state index in [0.717, 1.165) is 11.4 Å². The minimum absolute atomic E-state index is 0.288. The number of thiazole rings is 1. The van der Waals surface area contributed by atoms with Crippen molar-refractivity contribution in [2.24, 2.45) is 0 Å². The van der Waals surface area contributed by atoms with Gasteiger partial charge in [0.15, 0.2) is 3.95 Å². The summed E-state index contributed by atoms with van der Waals surface area (Å²) >= 11 is 6.55. The van der Waals surface area contributed by atoms with Crippen molar-refractivity contribution in [1.29, 1.82) is 0 Å². The minimum atomic E-state index is -0.288. The van der Waals surface area contributed by atoms with Gasteiger partial charge in [0.25, 0.3) is 5.91 Å². The van der Waals surface area contributed by atoms with Crippen LogP contribution in [0.15, 0.2) is 54.6 Å². The number of para-hydroxylation sites is 1. The van der Waals surface area contributed by atoms with Crippen LogP contribution in [0.5, 0.6) is 5.75 Å². The van der Waals surface area contributed by atoms with Crippen LogP contribution in [0.2, 0.25) is 0 Å². The van der Waals surface area contributed by atoms with E-state index < -0.39 is 0 Å². The molecule has 0 spiro atoms. The average molecular weight is 357 g/mol. The quantitative estimate of drug-likeness (QED) is 0.690. The molecule has 24 heavy (non-hydrogen) atoms. The van der Waals surface area contributed by atoms with Gasteiger partial charge >= 0.3 is 0 Å². The highest BCUT2D eigenvalue weighted by Crippen LogP contribution is 2.27. The number of nitrogens with two attached hydrogens (primary N) is 1. The van der Waals surface area contributed by atoms with E-state index in [2.05, 4.69) is 5.32 Å². The molecule has 0 atom stereocenters. The molecule has 1 amide bonds. The van der Waals surface area contributed by atoms with Crippen molar-refractivity contribution in [2.75, 3.05) is 18.2 Å². The largest absolute Gasteiger partial charge is 0.497 e. The molecule has 1 aromatic heterocycles. The fraction of sp³-hybridized carbons (Fsp3) is 0.0588. The highest BCUT2D eigenvalue weighted by molar-refractivity contribution is 7.73. The van der Waals surface area contributed by atoms with Crippen LogP contribution in [0.1, 0.15) is 9.67 Å². The molecule has 7 heteroatoms. The van der Waals surface area contributed by atoms with Crippen molar-refractivity contribution >= 4 is 41.0 Å². The Kier molecular flexibility index (Phi) is 4.64. The number of anilines is 2. The molecule has 3 rings (SSSR count). The van der Waals surface area contributed by atoms with Crippen molar-refractivity contribution in [3.8, 4) is 11.4 Å². The van der Waals surface area contributed by atoms with Gasteiger partial charge in [-0.2, -0.15) is 0 Å². The van der Waals surface area contributed by atoms with E-state index in [0.29, 0.717) is 20.3 Å². The van der Waals surface area contributed by atoms with E-state index in [1.807, 2.05) is 30.3 Å². The zero-order chi connectivity index (χ0) is 17.1. The molecule has 0 saturated carbocycles. The third kappa shape index (κ3) is 3.17. The van der Waals surface area contributed by atoms with Crippen LogP contribution in [-0.2, 0) is 0 Å². The summed E-state index contributed by atoms with van der Waals surface area (Å²) in [6.07, 6.45) is 0. The Morgan fingerprint density at radius 1 is 1.17 bits per heavy atom. The first-order chi connectivity index (χ1) is 11.6. The number of carbonyl (C=O) groups excluding carboxylic acids is 1. The predicted molar refractivity (Wildman–Crippen MR) is 99.8 cm³/mol.